The summed E-state index contributed by atoms with van der Waals surface area (Å²) in [6.07, 6.45) is 13.0. The van der Waals surface area contributed by atoms with Gasteiger partial charge in [0.05, 0.1) is 26.4 Å². The first-order chi connectivity index (χ1) is 29.6. The number of hydrogen-bond acceptors (Lipinski definition) is 4. The summed E-state index contributed by atoms with van der Waals surface area (Å²) in [6, 6.07) is 13.0. The van der Waals surface area contributed by atoms with Crippen LogP contribution in [0, 0.1) is 70.2 Å². The molecule has 0 heterocycles. The smallest absolute Gasteiger partial charge is 0.205 e. The number of hydrogen-bond donors (Lipinski definition) is 0. The Balaban J connectivity index is 1.09. The SMILES string of the molecule is CCCCCCOc1c(F)c(F)c(C#Cc2ccc(OCCCCCCCCCOc3ccc(C#Cc4c(F)c(F)c(OCCCCCC)c(F)c4F)cc3)cc2)c(F)c1F. The third-order valence-corrected chi connectivity index (χ3v) is 9.63. The maximum absolute atomic E-state index is 14.6. The second-order valence-corrected chi connectivity index (χ2v) is 14.5. The fourth-order valence-electron chi connectivity index (χ4n) is 6.11. The lowest BCUT2D eigenvalue weighted by Crippen LogP contribution is -2.08. The largest absolute Gasteiger partial charge is 0.494 e. The minimum atomic E-state index is -1.61. The van der Waals surface area contributed by atoms with E-state index in [-0.39, 0.29) is 13.2 Å². The molecule has 0 spiro atoms. The molecule has 12 heteroatoms. The molecule has 0 aliphatic rings. The Bertz CT molecular complexity index is 1910. The van der Waals surface area contributed by atoms with E-state index in [4.69, 9.17) is 18.9 Å². The van der Waals surface area contributed by atoms with E-state index < -0.39 is 69.2 Å². The van der Waals surface area contributed by atoms with Gasteiger partial charge in [0.25, 0.3) is 0 Å². The molecular weight excluding hydrogens is 805 g/mol. The molecule has 0 atom stereocenters. The van der Waals surface area contributed by atoms with E-state index in [0.717, 1.165) is 83.5 Å². The molecule has 328 valence electrons. The Kier molecular flexibility index (Phi) is 20.7. The second-order valence-electron chi connectivity index (χ2n) is 14.5. The quantitative estimate of drug-likeness (QED) is 0.0304. The minimum absolute atomic E-state index is 0.0592. The molecule has 0 bridgehead atoms. The van der Waals surface area contributed by atoms with Crippen LogP contribution in [0.1, 0.15) is 132 Å². The molecule has 4 rings (SSSR count). The van der Waals surface area contributed by atoms with Gasteiger partial charge in [0, 0.05) is 11.1 Å². The normalized spacial score (nSPS) is 10.8. The standard InChI is InChI=1S/C49H52F8O4/c1-3-5-7-14-32-60-48-44(54)40(50)38(41(51)45(48)55)28-22-34-18-24-36(25-19-34)58-30-16-12-10-9-11-13-17-31-59-37-26-20-35(21-27-37)23-29-39-42(52)46(56)49(47(57)43(39)53)61-33-15-8-6-4-2/h18-21,24-27H,3-17,30-33H2,1-2H3. The lowest BCUT2D eigenvalue weighted by Gasteiger charge is -2.11. The average molecular weight is 857 g/mol. The van der Waals surface area contributed by atoms with Crippen LogP contribution < -0.4 is 18.9 Å². The molecule has 0 saturated heterocycles. The molecule has 0 N–H and O–H groups in total. The van der Waals surface area contributed by atoms with Crippen LogP contribution in [-0.2, 0) is 0 Å². The van der Waals surface area contributed by atoms with Crippen LogP contribution in [0.2, 0.25) is 0 Å². The van der Waals surface area contributed by atoms with E-state index in [0.29, 0.717) is 48.7 Å². The molecule has 0 unspecified atom stereocenters. The molecule has 0 amide bonds. The topological polar surface area (TPSA) is 36.9 Å². The number of unbranched alkanes of at least 4 members (excludes halogenated alkanes) is 12. The van der Waals surface area contributed by atoms with Crippen LogP contribution in [0.5, 0.6) is 23.0 Å². The van der Waals surface area contributed by atoms with E-state index in [1.54, 1.807) is 48.5 Å². The Morgan fingerprint density at radius 1 is 0.328 bits per heavy atom. The molecule has 0 aromatic heterocycles. The molecule has 4 aromatic rings. The molecule has 0 saturated carbocycles. The predicted octanol–water partition coefficient (Wildman–Crippen LogP) is 13.7. The molecule has 4 aromatic carbocycles. The van der Waals surface area contributed by atoms with Gasteiger partial charge < -0.3 is 18.9 Å². The average Bonchev–Trinajstić information content (AvgIpc) is 3.27. The van der Waals surface area contributed by atoms with Gasteiger partial charge in [-0.1, -0.05) is 108 Å². The van der Waals surface area contributed by atoms with Crippen molar-refractivity contribution in [3.05, 3.63) is 117 Å². The Labute approximate surface area is 354 Å². The summed E-state index contributed by atoms with van der Waals surface area (Å²) in [7, 11) is 0. The van der Waals surface area contributed by atoms with Crippen molar-refractivity contribution >= 4 is 0 Å². The van der Waals surface area contributed by atoms with E-state index >= 15 is 0 Å². The highest BCUT2D eigenvalue weighted by atomic mass is 19.2. The lowest BCUT2D eigenvalue weighted by atomic mass is 10.1. The van der Waals surface area contributed by atoms with Crippen molar-refractivity contribution in [2.75, 3.05) is 26.4 Å². The maximum Gasteiger partial charge on any atom is 0.205 e. The highest BCUT2D eigenvalue weighted by Gasteiger charge is 2.27. The summed E-state index contributed by atoms with van der Waals surface area (Å²) in [5, 5.41) is 0. The first kappa shape index (κ1) is 48.3. The van der Waals surface area contributed by atoms with Crippen molar-refractivity contribution in [3.8, 4) is 46.7 Å². The summed E-state index contributed by atoms with van der Waals surface area (Å²) in [4.78, 5) is 0. The van der Waals surface area contributed by atoms with Gasteiger partial charge in [-0.05, 0) is 74.2 Å². The fraction of sp³-hybridized carbons (Fsp3) is 0.429. The molecule has 0 aliphatic carbocycles. The monoisotopic (exact) mass is 856 g/mol. The Morgan fingerprint density at radius 3 is 0.918 bits per heavy atom. The van der Waals surface area contributed by atoms with Gasteiger partial charge in [-0.3, -0.25) is 0 Å². The van der Waals surface area contributed by atoms with Gasteiger partial charge in [-0.25, -0.2) is 17.6 Å². The van der Waals surface area contributed by atoms with Crippen LogP contribution >= 0.6 is 0 Å². The van der Waals surface area contributed by atoms with Crippen molar-refractivity contribution in [2.24, 2.45) is 0 Å². The van der Waals surface area contributed by atoms with E-state index in [9.17, 15) is 35.1 Å². The maximum atomic E-state index is 14.6. The number of rotatable bonds is 24. The Morgan fingerprint density at radius 2 is 0.607 bits per heavy atom. The van der Waals surface area contributed by atoms with Gasteiger partial charge in [0.15, 0.2) is 34.8 Å². The van der Waals surface area contributed by atoms with Crippen molar-refractivity contribution in [1.29, 1.82) is 0 Å². The highest BCUT2D eigenvalue weighted by molar-refractivity contribution is 5.49. The van der Waals surface area contributed by atoms with Crippen LogP contribution in [-0.4, -0.2) is 26.4 Å². The molecule has 0 radical (unpaired) electrons. The van der Waals surface area contributed by atoms with E-state index in [1.807, 2.05) is 13.8 Å². The first-order valence-electron chi connectivity index (χ1n) is 21.0. The number of benzene rings is 4. The van der Waals surface area contributed by atoms with Crippen LogP contribution in [0.25, 0.3) is 0 Å². The number of ether oxygens (including phenoxy) is 4. The van der Waals surface area contributed by atoms with Crippen molar-refractivity contribution in [2.45, 2.75) is 110 Å². The zero-order chi connectivity index (χ0) is 44.0. The van der Waals surface area contributed by atoms with E-state index in [1.165, 1.54) is 0 Å². The summed E-state index contributed by atoms with van der Waals surface area (Å²) in [5.74, 6) is -4.34. The van der Waals surface area contributed by atoms with Gasteiger partial charge in [0.2, 0.25) is 23.3 Å². The summed E-state index contributed by atoms with van der Waals surface area (Å²) in [6.45, 7) is 4.88. The molecule has 0 aliphatic heterocycles. The third-order valence-electron chi connectivity index (χ3n) is 9.63. The Hall–Kier alpha value is -5.36. The lowest BCUT2D eigenvalue weighted by molar-refractivity contribution is 0.263. The van der Waals surface area contributed by atoms with Gasteiger partial charge in [-0.2, -0.15) is 17.6 Å². The fourth-order valence-corrected chi connectivity index (χ4v) is 6.11. The predicted molar refractivity (Wildman–Crippen MR) is 220 cm³/mol. The molecule has 4 nitrogen and oxygen atoms in total. The van der Waals surface area contributed by atoms with Crippen molar-refractivity contribution in [1.82, 2.24) is 0 Å². The zero-order valence-electron chi connectivity index (χ0n) is 34.7. The van der Waals surface area contributed by atoms with Crippen LogP contribution in [0.3, 0.4) is 0 Å². The molecular formula is C49H52F8O4. The third kappa shape index (κ3) is 14.9. The first-order valence-corrected chi connectivity index (χ1v) is 21.0. The van der Waals surface area contributed by atoms with Crippen molar-refractivity contribution in [3.63, 3.8) is 0 Å². The summed E-state index contributed by atoms with van der Waals surface area (Å²) >= 11 is 0. The second kappa shape index (κ2) is 26.1. The summed E-state index contributed by atoms with van der Waals surface area (Å²) in [5.41, 5.74) is -1.26. The minimum Gasteiger partial charge on any atom is -0.494 e. The molecule has 61 heavy (non-hydrogen) atoms. The number of halogens is 8. The van der Waals surface area contributed by atoms with Gasteiger partial charge >= 0.3 is 0 Å². The highest BCUT2D eigenvalue weighted by Crippen LogP contribution is 2.31. The van der Waals surface area contributed by atoms with Gasteiger partial charge in [0.1, 0.15) is 22.6 Å². The summed E-state index contributed by atoms with van der Waals surface area (Å²) < 4.78 is 138. The van der Waals surface area contributed by atoms with E-state index in [2.05, 4.69) is 23.7 Å². The van der Waals surface area contributed by atoms with Crippen LogP contribution in [0.4, 0.5) is 35.1 Å². The van der Waals surface area contributed by atoms with Gasteiger partial charge in [-0.15, -0.1) is 0 Å². The van der Waals surface area contributed by atoms with Crippen molar-refractivity contribution < 1.29 is 54.1 Å². The molecule has 0 fully saturated rings. The van der Waals surface area contributed by atoms with Crippen LogP contribution in [0.15, 0.2) is 48.5 Å². The zero-order valence-corrected chi connectivity index (χ0v) is 34.7.